The zero-order chi connectivity index (χ0) is 8.60. The van der Waals surface area contributed by atoms with Gasteiger partial charge in [-0.2, -0.15) is 0 Å². The van der Waals surface area contributed by atoms with E-state index in [1.54, 1.807) is 0 Å². The predicted molar refractivity (Wildman–Crippen MR) is 51.3 cm³/mol. The van der Waals surface area contributed by atoms with Gasteiger partial charge in [-0.1, -0.05) is 0 Å². The number of carbonyl (C=O) groups is 1. The van der Waals surface area contributed by atoms with Crippen LogP contribution in [0.25, 0.3) is 0 Å². The minimum Gasteiger partial charge on any atom is -0.274 e. The number of hydrogen-bond donors (Lipinski definition) is 0. The molecule has 0 aromatic heterocycles. The van der Waals surface area contributed by atoms with Gasteiger partial charge in [0.05, 0.1) is 0 Å². The lowest BCUT2D eigenvalue weighted by atomic mass is 10.5. The van der Waals surface area contributed by atoms with E-state index in [2.05, 4.69) is 6.66 Å². The van der Waals surface area contributed by atoms with E-state index in [9.17, 15) is 4.79 Å². The van der Waals surface area contributed by atoms with Crippen molar-refractivity contribution in [1.29, 1.82) is 0 Å². The maximum absolute atomic E-state index is 11.0. The van der Waals surface area contributed by atoms with Crippen molar-refractivity contribution in [2.75, 3.05) is 25.5 Å². The monoisotopic (exact) mass is 206 g/mol. The second kappa shape index (κ2) is 3.21. The van der Waals surface area contributed by atoms with Crippen molar-refractivity contribution in [3.05, 3.63) is 0 Å². The van der Waals surface area contributed by atoms with Crippen LogP contribution in [0.2, 0.25) is 0 Å². The summed E-state index contributed by atoms with van der Waals surface area (Å²) in [6.07, 6.45) is 4.49. The molecular weight excluding hydrogens is 192 g/mol. The molecule has 0 N–H and O–H groups in total. The summed E-state index contributed by atoms with van der Waals surface area (Å²) in [5.41, 5.74) is 0. The Morgan fingerprint density at radius 3 is 3.08 bits per heavy atom. The third-order valence-corrected chi connectivity index (χ3v) is 7.62. The molecule has 2 aliphatic heterocycles. The fraction of sp³-hybridized carbons (Fsp3) is 0.857. The van der Waals surface area contributed by atoms with Crippen LogP contribution in [0.3, 0.4) is 0 Å². The van der Waals surface area contributed by atoms with Crippen molar-refractivity contribution in [1.82, 2.24) is 0 Å². The number of quaternary nitrogens is 1. The Hall–Kier alpha value is 0.290. The highest BCUT2D eigenvalue weighted by molar-refractivity contribution is 7.57. The highest BCUT2D eigenvalue weighted by Gasteiger charge is 2.47. The average Bonchev–Trinajstić information content (AvgIpc) is 2.41. The van der Waals surface area contributed by atoms with E-state index in [4.69, 9.17) is 4.84 Å². The number of hydrogen-bond acceptors (Lipinski definition) is 2. The first-order chi connectivity index (χ1) is 5.73. The lowest BCUT2D eigenvalue weighted by molar-refractivity contribution is -0.866. The van der Waals surface area contributed by atoms with Crippen LogP contribution in [-0.2, 0) is 9.63 Å². The van der Waals surface area contributed by atoms with E-state index in [-0.39, 0.29) is 14.0 Å². The van der Waals surface area contributed by atoms with Crippen LogP contribution >= 0.6 is 16.8 Å². The van der Waals surface area contributed by atoms with Crippen LogP contribution in [0.1, 0.15) is 12.8 Å². The van der Waals surface area contributed by atoms with Gasteiger partial charge in [0, 0.05) is 19.0 Å². The van der Waals surface area contributed by atoms with Gasteiger partial charge in [-0.05, 0) is 6.42 Å². The first kappa shape index (κ1) is 8.87. The van der Waals surface area contributed by atoms with Gasteiger partial charge in [0.2, 0.25) is 0 Å². The first-order valence-electron chi connectivity index (χ1n) is 4.30. The van der Waals surface area contributed by atoms with E-state index in [1.165, 1.54) is 18.7 Å². The van der Waals surface area contributed by atoms with Gasteiger partial charge in [-0.15, -0.1) is 4.19 Å². The Kier molecular flexibility index (Phi) is 2.37. The molecule has 3 atom stereocenters. The molecule has 2 heterocycles. The number of hydroxylamine groups is 1. The zero-order valence-electron chi connectivity index (χ0n) is 7.25. The second-order valence-electron chi connectivity index (χ2n) is 3.28. The van der Waals surface area contributed by atoms with Crippen molar-refractivity contribution in [2.45, 2.75) is 12.8 Å². The lowest BCUT2D eigenvalue weighted by Crippen LogP contribution is -2.33. The quantitative estimate of drug-likeness (QED) is 0.564. The molecule has 0 bridgehead atoms. The molecule has 0 amide bonds. The zero-order valence-corrected chi connectivity index (χ0v) is 9.14. The molecule has 2 saturated heterocycles. The standard InChI is InChI=1S/C7H14NO2P2/c1-12-6-2-5-11-8(12)4-3-7(9)10-8/h11H,2-6H2,1H3/q+1. The van der Waals surface area contributed by atoms with Crippen molar-refractivity contribution >= 4 is 22.8 Å². The third-order valence-electron chi connectivity index (χ3n) is 2.44. The van der Waals surface area contributed by atoms with Crippen LogP contribution in [0.4, 0.5) is 0 Å². The Morgan fingerprint density at radius 2 is 2.50 bits per heavy atom. The molecule has 3 nitrogen and oxygen atoms in total. The molecule has 2 rings (SSSR count). The van der Waals surface area contributed by atoms with Crippen molar-refractivity contribution < 1.29 is 13.8 Å². The van der Waals surface area contributed by atoms with E-state index in [1.807, 2.05) is 0 Å². The fourth-order valence-corrected chi connectivity index (χ4v) is 6.29. The first-order valence-corrected chi connectivity index (χ1v) is 7.38. The van der Waals surface area contributed by atoms with Crippen molar-refractivity contribution in [3.63, 3.8) is 0 Å². The van der Waals surface area contributed by atoms with Gasteiger partial charge in [-0.25, -0.2) is 4.79 Å². The van der Waals surface area contributed by atoms with Crippen molar-refractivity contribution in [3.8, 4) is 0 Å². The third kappa shape index (κ3) is 1.39. The van der Waals surface area contributed by atoms with E-state index >= 15 is 0 Å². The molecule has 3 unspecified atom stereocenters. The smallest absolute Gasteiger partial charge is 0.274 e. The highest BCUT2D eigenvalue weighted by Crippen LogP contribution is 2.60. The molecule has 1 spiro atoms. The normalized spacial score (nSPS) is 43.8. The summed E-state index contributed by atoms with van der Waals surface area (Å²) in [6, 6.07) is 0. The van der Waals surface area contributed by atoms with Gasteiger partial charge < -0.3 is 0 Å². The second-order valence-corrected chi connectivity index (χ2v) is 7.61. The van der Waals surface area contributed by atoms with E-state index < -0.39 is 0 Å². The highest BCUT2D eigenvalue weighted by atomic mass is 31.2. The molecule has 68 valence electrons. The Morgan fingerprint density at radius 1 is 1.67 bits per heavy atom. The molecule has 0 aromatic carbocycles. The molecule has 0 radical (unpaired) electrons. The average molecular weight is 206 g/mol. The van der Waals surface area contributed by atoms with E-state index in [0.29, 0.717) is 10.6 Å². The molecule has 0 saturated carbocycles. The Balaban J connectivity index is 2.12. The molecule has 2 aliphatic rings. The molecule has 0 aliphatic carbocycles. The Labute approximate surface area is 75.6 Å². The molecule has 2 fully saturated rings. The summed E-state index contributed by atoms with van der Waals surface area (Å²) in [4.78, 5) is 16.5. The van der Waals surface area contributed by atoms with Gasteiger partial charge in [0.15, 0.2) is 0 Å². The SMILES string of the molecule is CP1CCCP[N+]12CCC(=O)O2. The summed E-state index contributed by atoms with van der Waals surface area (Å²) in [5, 5.41) is 0. The van der Waals surface area contributed by atoms with E-state index in [0.717, 1.165) is 15.3 Å². The maximum Gasteiger partial charge on any atom is 0.372 e. The topological polar surface area (TPSA) is 26.3 Å². The largest absolute Gasteiger partial charge is 0.372 e. The Bertz CT molecular complexity index is 212. The van der Waals surface area contributed by atoms with Crippen LogP contribution < -0.4 is 0 Å². The van der Waals surface area contributed by atoms with Crippen LogP contribution in [0, 0.1) is 0 Å². The summed E-state index contributed by atoms with van der Waals surface area (Å²) in [6.45, 7) is 3.21. The van der Waals surface area contributed by atoms with Crippen LogP contribution in [0.15, 0.2) is 0 Å². The molecule has 5 heteroatoms. The summed E-state index contributed by atoms with van der Waals surface area (Å²) in [7, 11) is 0.718. The summed E-state index contributed by atoms with van der Waals surface area (Å²) < 4.78 is 0.716. The minimum atomic E-state index is -0.0969. The summed E-state index contributed by atoms with van der Waals surface area (Å²) in [5.74, 6) is 0.0127. The summed E-state index contributed by atoms with van der Waals surface area (Å²) >= 11 is 0. The number of rotatable bonds is 0. The van der Waals surface area contributed by atoms with Gasteiger partial charge >= 0.3 is 5.97 Å². The van der Waals surface area contributed by atoms with Crippen LogP contribution in [-0.4, -0.2) is 35.7 Å². The fourth-order valence-electron chi connectivity index (χ4n) is 1.70. The van der Waals surface area contributed by atoms with Gasteiger partial charge in [0.1, 0.15) is 29.8 Å². The lowest BCUT2D eigenvalue weighted by Gasteiger charge is -2.36. The molecular formula is C7H14NO2P2+. The van der Waals surface area contributed by atoms with Gasteiger partial charge in [0.25, 0.3) is 0 Å². The molecule has 0 aromatic rings. The number of carbonyl (C=O) groups excluding carboxylic acids is 1. The van der Waals surface area contributed by atoms with Crippen molar-refractivity contribution in [2.24, 2.45) is 0 Å². The van der Waals surface area contributed by atoms with Gasteiger partial charge in [-0.3, -0.25) is 4.84 Å². The number of nitrogens with zero attached hydrogens (tertiary/aromatic N) is 1. The minimum absolute atomic E-state index is 0.0127. The molecule has 12 heavy (non-hydrogen) atoms. The predicted octanol–water partition coefficient (Wildman–Crippen LogP) is 1.69. The maximum atomic E-state index is 11.0. The van der Waals surface area contributed by atoms with Crippen LogP contribution in [0.5, 0.6) is 0 Å².